The molecule has 0 atom stereocenters. The highest BCUT2D eigenvalue weighted by molar-refractivity contribution is 7.90. The monoisotopic (exact) mass is 192 g/mol. The average Bonchev–Trinajstić information content (AvgIpc) is 2.01. The average molecular weight is 192 g/mol. The molecule has 0 aliphatic heterocycles. The van der Waals surface area contributed by atoms with Crippen molar-refractivity contribution in [1.29, 1.82) is 0 Å². The van der Waals surface area contributed by atoms with Gasteiger partial charge in [0.25, 0.3) is 10.1 Å². The minimum absolute atomic E-state index is 0.0750. The van der Waals surface area contributed by atoms with Crippen LogP contribution in [0.1, 0.15) is 6.92 Å². The second kappa shape index (κ2) is 5.08. The fourth-order valence-corrected chi connectivity index (χ4v) is 1.23. The molecule has 0 unspecified atom stereocenters. The van der Waals surface area contributed by atoms with Gasteiger partial charge in [0.15, 0.2) is 0 Å². The Morgan fingerprint density at radius 3 is 2.67 bits per heavy atom. The highest BCUT2D eigenvalue weighted by Gasteiger charge is 2.12. The van der Waals surface area contributed by atoms with Gasteiger partial charge in [0.2, 0.25) is 0 Å². The summed E-state index contributed by atoms with van der Waals surface area (Å²) in [5.74, 6) is 0. The molecular weight excluding hydrogens is 180 g/mol. The number of hydrogen-bond acceptors (Lipinski definition) is 4. The van der Waals surface area contributed by atoms with E-state index in [0.29, 0.717) is 0 Å². The smallest absolute Gasteiger partial charge is 0.292 e. The van der Waals surface area contributed by atoms with Gasteiger partial charge in [-0.1, -0.05) is 12.7 Å². The molecule has 0 spiro atoms. The van der Waals surface area contributed by atoms with Crippen LogP contribution in [0.4, 0.5) is 0 Å². The molecule has 70 valence electrons. The van der Waals surface area contributed by atoms with Crippen molar-refractivity contribution in [2.75, 3.05) is 13.2 Å². The predicted molar refractivity (Wildman–Crippen MR) is 45.9 cm³/mol. The summed E-state index contributed by atoms with van der Waals surface area (Å²) >= 11 is 0. The third-order valence-corrected chi connectivity index (χ3v) is 2.48. The van der Waals surface area contributed by atoms with E-state index in [1.54, 1.807) is 0 Å². The lowest BCUT2D eigenvalue weighted by Crippen LogP contribution is -2.09. The first-order valence-corrected chi connectivity index (χ1v) is 4.75. The summed E-state index contributed by atoms with van der Waals surface area (Å²) < 4.78 is 26.5. The van der Waals surface area contributed by atoms with E-state index in [2.05, 4.69) is 10.8 Å². The minimum atomic E-state index is -3.65. The molecule has 0 rings (SSSR count). The summed E-state index contributed by atoms with van der Waals surface area (Å²) in [7, 11) is -3.65. The maximum absolute atomic E-state index is 11.0. The second-order valence-electron chi connectivity index (χ2n) is 2.01. The Hall–Kier alpha value is -0.650. The minimum Gasteiger partial charge on any atom is -0.394 e. The molecule has 0 saturated carbocycles. The van der Waals surface area contributed by atoms with Gasteiger partial charge in [-0.3, -0.25) is 4.18 Å². The molecule has 1 N–H and O–H groups in total. The molecule has 0 fully saturated rings. The van der Waals surface area contributed by atoms with Gasteiger partial charge in [-0.05, 0) is 13.0 Å². The fourth-order valence-electron chi connectivity index (χ4n) is 0.489. The highest BCUT2D eigenvalue weighted by atomic mass is 32.2. The Bertz CT molecular complexity index is 263. The van der Waals surface area contributed by atoms with E-state index in [1.807, 2.05) is 0 Å². The lowest BCUT2D eigenvalue weighted by molar-refractivity contribution is 0.206. The summed E-state index contributed by atoms with van der Waals surface area (Å²) in [5.41, 5.74) is 0. The van der Waals surface area contributed by atoms with Crippen molar-refractivity contribution in [3.63, 3.8) is 0 Å². The zero-order valence-electron chi connectivity index (χ0n) is 6.86. The molecule has 0 bridgehead atoms. The molecule has 0 aliphatic carbocycles. The van der Waals surface area contributed by atoms with E-state index in [1.165, 1.54) is 19.1 Å². The standard InChI is InChI=1S/C7H12O4S/c1-3-4-7(2)12(9,10)11-6-5-8/h3-4,8H,1,5-6H2,2H3/b7-4+. The fraction of sp³-hybridized carbons (Fsp3) is 0.429. The van der Waals surface area contributed by atoms with E-state index in [-0.39, 0.29) is 18.1 Å². The molecule has 0 heterocycles. The van der Waals surface area contributed by atoms with E-state index >= 15 is 0 Å². The molecule has 0 aromatic rings. The van der Waals surface area contributed by atoms with E-state index in [0.717, 1.165) is 0 Å². The quantitative estimate of drug-likeness (QED) is 0.506. The van der Waals surface area contributed by atoms with Gasteiger partial charge in [-0.25, -0.2) is 0 Å². The summed E-state index contributed by atoms with van der Waals surface area (Å²) in [6.07, 6.45) is 2.68. The lowest BCUT2D eigenvalue weighted by atomic mass is 10.5. The van der Waals surface area contributed by atoms with Crippen molar-refractivity contribution in [1.82, 2.24) is 0 Å². The predicted octanol–water partition coefficient (Wildman–Crippen LogP) is 0.415. The van der Waals surface area contributed by atoms with Gasteiger partial charge in [-0.2, -0.15) is 8.42 Å². The normalized spacial score (nSPS) is 13.0. The Labute approximate surface area is 72.3 Å². The molecule has 5 heteroatoms. The summed E-state index contributed by atoms with van der Waals surface area (Å²) in [4.78, 5) is 0.0750. The van der Waals surface area contributed by atoms with Gasteiger partial charge in [0, 0.05) is 0 Å². The maximum Gasteiger partial charge on any atom is 0.292 e. The molecule has 0 saturated heterocycles. The number of allylic oxidation sites excluding steroid dienone is 3. The van der Waals surface area contributed by atoms with Crippen LogP contribution in [-0.4, -0.2) is 26.7 Å². The second-order valence-corrected chi connectivity index (χ2v) is 3.80. The molecule has 0 amide bonds. The van der Waals surface area contributed by atoms with Gasteiger partial charge in [-0.15, -0.1) is 0 Å². The van der Waals surface area contributed by atoms with Crippen molar-refractivity contribution < 1.29 is 17.7 Å². The van der Waals surface area contributed by atoms with Crippen molar-refractivity contribution >= 4 is 10.1 Å². The van der Waals surface area contributed by atoms with Crippen molar-refractivity contribution in [3.8, 4) is 0 Å². The summed E-state index contributed by atoms with van der Waals surface area (Å²) in [5, 5.41) is 8.31. The first-order chi connectivity index (χ1) is 5.54. The van der Waals surface area contributed by atoms with Crippen LogP contribution < -0.4 is 0 Å². The van der Waals surface area contributed by atoms with Crippen LogP contribution in [0.25, 0.3) is 0 Å². The molecule has 4 nitrogen and oxygen atoms in total. The molecule has 0 aromatic carbocycles. The van der Waals surface area contributed by atoms with Crippen LogP contribution in [0, 0.1) is 0 Å². The topological polar surface area (TPSA) is 63.6 Å². The van der Waals surface area contributed by atoms with Crippen molar-refractivity contribution in [2.24, 2.45) is 0 Å². The van der Waals surface area contributed by atoms with Crippen molar-refractivity contribution in [3.05, 3.63) is 23.6 Å². The summed E-state index contributed by atoms with van der Waals surface area (Å²) in [6.45, 7) is 4.21. The van der Waals surface area contributed by atoms with Crippen LogP contribution >= 0.6 is 0 Å². The largest absolute Gasteiger partial charge is 0.394 e. The van der Waals surface area contributed by atoms with E-state index in [4.69, 9.17) is 5.11 Å². The lowest BCUT2D eigenvalue weighted by Gasteiger charge is -2.02. The van der Waals surface area contributed by atoms with Gasteiger partial charge < -0.3 is 5.11 Å². The Balaban J connectivity index is 4.41. The highest BCUT2D eigenvalue weighted by Crippen LogP contribution is 2.07. The SMILES string of the molecule is C=C/C=C(\C)S(=O)(=O)OCCO. The first-order valence-electron chi connectivity index (χ1n) is 3.34. The zero-order valence-corrected chi connectivity index (χ0v) is 7.67. The Morgan fingerprint density at radius 2 is 2.25 bits per heavy atom. The van der Waals surface area contributed by atoms with E-state index in [9.17, 15) is 8.42 Å². The first kappa shape index (κ1) is 11.4. The number of rotatable bonds is 5. The molecule has 0 radical (unpaired) electrons. The Morgan fingerprint density at radius 1 is 1.67 bits per heavy atom. The molecular formula is C7H12O4S. The van der Waals surface area contributed by atoms with Crippen LogP contribution in [-0.2, 0) is 14.3 Å². The number of hydrogen-bond donors (Lipinski definition) is 1. The third-order valence-electron chi connectivity index (χ3n) is 1.08. The Kier molecular flexibility index (Phi) is 4.80. The van der Waals surface area contributed by atoms with Gasteiger partial charge in [0.1, 0.15) is 0 Å². The number of aliphatic hydroxyl groups is 1. The van der Waals surface area contributed by atoms with Crippen molar-refractivity contribution in [2.45, 2.75) is 6.92 Å². The van der Waals surface area contributed by atoms with Gasteiger partial charge in [0.05, 0.1) is 18.1 Å². The maximum atomic E-state index is 11.0. The number of aliphatic hydroxyl groups excluding tert-OH is 1. The van der Waals surface area contributed by atoms with Crippen LogP contribution in [0.15, 0.2) is 23.6 Å². The summed E-state index contributed by atoms with van der Waals surface area (Å²) in [6, 6.07) is 0. The molecule has 0 aliphatic rings. The third kappa shape index (κ3) is 3.66. The van der Waals surface area contributed by atoms with E-state index < -0.39 is 10.1 Å². The molecule has 12 heavy (non-hydrogen) atoms. The van der Waals surface area contributed by atoms with Gasteiger partial charge >= 0.3 is 0 Å². The molecule has 0 aromatic heterocycles. The van der Waals surface area contributed by atoms with Crippen LogP contribution in [0.3, 0.4) is 0 Å². The van der Waals surface area contributed by atoms with Crippen LogP contribution in [0.2, 0.25) is 0 Å². The van der Waals surface area contributed by atoms with Crippen LogP contribution in [0.5, 0.6) is 0 Å². The zero-order chi connectivity index (χ0) is 9.61.